The predicted octanol–water partition coefficient (Wildman–Crippen LogP) is 5.00. The molecule has 4 aromatic rings. The van der Waals surface area contributed by atoms with E-state index in [2.05, 4.69) is 0 Å². The molecule has 33 heavy (non-hydrogen) atoms. The molecule has 0 atom stereocenters. The van der Waals surface area contributed by atoms with Gasteiger partial charge in [-0.05, 0) is 61.8 Å². The first-order valence-electron chi connectivity index (χ1n) is 11.2. The first-order valence-corrected chi connectivity index (χ1v) is 13.0. The van der Waals surface area contributed by atoms with E-state index in [-0.39, 0.29) is 11.2 Å². The molecule has 3 aromatic heterocycles. The largest absolute Gasteiger partial charge is 0.422 e. The van der Waals surface area contributed by atoms with Gasteiger partial charge in [-0.2, -0.15) is 0 Å². The summed E-state index contributed by atoms with van der Waals surface area (Å²) in [5.41, 5.74) is 4.41. The number of benzene rings is 1. The number of thioether (sulfide) groups is 1. The van der Waals surface area contributed by atoms with Gasteiger partial charge in [-0.15, -0.1) is 11.3 Å². The monoisotopic (exact) mass is 482 g/mol. The molecule has 0 amide bonds. The highest BCUT2D eigenvalue weighted by molar-refractivity contribution is 7.98. The summed E-state index contributed by atoms with van der Waals surface area (Å²) in [4.78, 5) is 32.9. The average molecular weight is 483 g/mol. The summed E-state index contributed by atoms with van der Waals surface area (Å²) in [6.07, 6.45) is 4.27. The fourth-order valence-corrected chi connectivity index (χ4v) is 6.81. The third-order valence-electron chi connectivity index (χ3n) is 6.43. The minimum absolute atomic E-state index is 0.0165. The maximum atomic E-state index is 13.5. The second kappa shape index (κ2) is 9.08. The zero-order chi connectivity index (χ0) is 23.1. The summed E-state index contributed by atoms with van der Waals surface area (Å²) in [7, 11) is 1.63. The van der Waals surface area contributed by atoms with E-state index in [9.17, 15) is 9.59 Å². The molecule has 1 aliphatic rings. The molecule has 172 valence electrons. The molecule has 0 fully saturated rings. The molecule has 6 nitrogen and oxygen atoms in total. The van der Waals surface area contributed by atoms with Crippen molar-refractivity contribution in [3.8, 4) is 0 Å². The molecular weight excluding hydrogens is 456 g/mol. The van der Waals surface area contributed by atoms with Gasteiger partial charge in [-0.1, -0.05) is 23.9 Å². The Hall–Kier alpha value is -2.42. The molecule has 0 N–H and O–H groups in total. The molecule has 3 heterocycles. The third-order valence-corrected chi connectivity index (χ3v) is 8.64. The lowest BCUT2D eigenvalue weighted by molar-refractivity contribution is 0.183. The van der Waals surface area contributed by atoms with E-state index in [1.54, 1.807) is 29.1 Å². The molecule has 0 saturated carbocycles. The molecule has 0 aliphatic heterocycles. The summed E-state index contributed by atoms with van der Waals surface area (Å²) in [6, 6.07) is 5.59. The average Bonchev–Trinajstić information content (AvgIpc) is 3.18. The quantitative estimate of drug-likeness (QED) is 0.219. The highest BCUT2D eigenvalue weighted by Crippen LogP contribution is 2.35. The van der Waals surface area contributed by atoms with Crippen molar-refractivity contribution < 1.29 is 9.15 Å². The Balaban J connectivity index is 1.58. The van der Waals surface area contributed by atoms with Crippen molar-refractivity contribution >= 4 is 44.3 Å². The molecule has 0 spiro atoms. The van der Waals surface area contributed by atoms with Crippen LogP contribution in [0.25, 0.3) is 21.2 Å². The highest BCUT2D eigenvalue weighted by Gasteiger charge is 2.22. The van der Waals surface area contributed by atoms with Crippen molar-refractivity contribution in [2.24, 2.45) is 0 Å². The van der Waals surface area contributed by atoms with Crippen LogP contribution in [0.5, 0.6) is 0 Å². The number of methoxy groups -OCH3 is 1. The van der Waals surface area contributed by atoms with Crippen LogP contribution in [-0.4, -0.2) is 23.3 Å². The topological polar surface area (TPSA) is 74.3 Å². The van der Waals surface area contributed by atoms with Gasteiger partial charge in [0.05, 0.1) is 18.5 Å². The van der Waals surface area contributed by atoms with E-state index < -0.39 is 0 Å². The molecule has 0 radical (unpaired) electrons. The molecule has 8 heteroatoms. The van der Waals surface area contributed by atoms with Crippen LogP contribution in [0.15, 0.2) is 37.4 Å². The maximum Gasteiger partial charge on any atom is 0.336 e. The lowest BCUT2D eigenvalue weighted by Crippen LogP contribution is -2.25. The van der Waals surface area contributed by atoms with E-state index in [4.69, 9.17) is 14.1 Å². The highest BCUT2D eigenvalue weighted by atomic mass is 32.2. The van der Waals surface area contributed by atoms with Crippen LogP contribution >= 0.6 is 23.1 Å². The summed E-state index contributed by atoms with van der Waals surface area (Å²) in [6.45, 7) is 4.85. The lowest BCUT2D eigenvalue weighted by Gasteiger charge is -2.14. The number of fused-ring (bicyclic) bond motifs is 4. The first-order chi connectivity index (χ1) is 16.0. The van der Waals surface area contributed by atoms with Crippen LogP contribution in [0, 0.1) is 13.8 Å². The standard InChI is InChI=1S/C25H26N2O4S2/c1-14-8-9-17-16(12-20(28)31-22(17)15(14)2)13-32-25-26-23-21(24(29)27(25)10-11-30-3)18-6-4-5-7-19(18)33-23/h8-9,12H,4-7,10-11,13H2,1-3H3. The summed E-state index contributed by atoms with van der Waals surface area (Å²) in [5, 5.41) is 2.36. The number of thiophene rings is 1. The van der Waals surface area contributed by atoms with Crippen molar-refractivity contribution in [1.29, 1.82) is 0 Å². The van der Waals surface area contributed by atoms with E-state index in [0.717, 1.165) is 51.6 Å². The van der Waals surface area contributed by atoms with Gasteiger partial charge in [-0.3, -0.25) is 9.36 Å². The number of aromatic nitrogens is 2. The number of hydrogen-bond acceptors (Lipinski definition) is 7. The fourth-order valence-electron chi connectivity index (χ4n) is 4.50. The molecular formula is C25H26N2O4S2. The van der Waals surface area contributed by atoms with Gasteiger partial charge in [0.2, 0.25) is 0 Å². The van der Waals surface area contributed by atoms with Crippen LogP contribution in [0.3, 0.4) is 0 Å². The zero-order valence-electron chi connectivity index (χ0n) is 19.0. The minimum Gasteiger partial charge on any atom is -0.422 e. The Morgan fingerprint density at radius 2 is 2.03 bits per heavy atom. The Kier molecular flexibility index (Phi) is 6.16. The van der Waals surface area contributed by atoms with Gasteiger partial charge in [0.1, 0.15) is 10.4 Å². The van der Waals surface area contributed by atoms with Crippen LogP contribution in [0.1, 0.15) is 40.0 Å². The van der Waals surface area contributed by atoms with E-state index in [1.165, 1.54) is 28.6 Å². The SMILES string of the molecule is COCCn1c(SCc2cc(=O)oc3c(C)c(C)ccc23)nc2sc3c(c2c1=O)CCCC3. The number of aryl methyl sites for hydroxylation is 4. The molecule has 0 bridgehead atoms. The Bertz CT molecular complexity index is 1480. The molecule has 0 saturated heterocycles. The molecule has 1 aromatic carbocycles. The van der Waals surface area contributed by atoms with Crippen LogP contribution in [0.4, 0.5) is 0 Å². The van der Waals surface area contributed by atoms with Gasteiger partial charge >= 0.3 is 5.63 Å². The van der Waals surface area contributed by atoms with Gasteiger partial charge in [0.15, 0.2) is 5.16 Å². The molecule has 0 unspecified atom stereocenters. The van der Waals surface area contributed by atoms with Crippen molar-refractivity contribution in [2.75, 3.05) is 13.7 Å². The normalized spacial score (nSPS) is 13.7. The van der Waals surface area contributed by atoms with Gasteiger partial charge < -0.3 is 9.15 Å². The van der Waals surface area contributed by atoms with Gasteiger partial charge in [-0.25, -0.2) is 9.78 Å². The van der Waals surface area contributed by atoms with E-state index in [0.29, 0.717) is 29.6 Å². The second-order valence-electron chi connectivity index (χ2n) is 8.50. The number of hydrogen-bond donors (Lipinski definition) is 0. The third kappa shape index (κ3) is 4.05. The number of nitrogens with zero attached hydrogens (tertiary/aromatic N) is 2. The molecule has 1 aliphatic carbocycles. The van der Waals surface area contributed by atoms with E-state index in [1.807, 2.05) is 26.0 Å². The van der Waals surface area contributed by atoms with Crippen LogP contribution in [-0.2, 0) is 29.9 Å². The summed E-state index contributed by atoms with van der Waals surface area (Å²) in [5.74, 6) is 0.515. The van der Waals surface area contributed by atoms with Crippen LogP contribution < -0.4 is 11.2 Å². The second-order valence-corrected chi connectivity index (χ2v) is 10.5. The van der Waals surface area contributed by atoms with Gasteiger partial charge in [0.25, 0.3) is 5.56 Å². The maximum absolute atomic E-state index is 13.5. The van der Waals surface area contributed by atoms with Crippen LogP contribution in [0.2, 0.25) is 0 Å². The molecule has 5 rings (SSSR count). The summed E-state index contributed by atoms with van der Waals surface area (Å²) < 4.78 is 12.5. The van der Waals surface area contributed by atoms with Crippen molar-refractivity contribution in [3.05, 3.63) is 66.1 Å². The summed E-state index contributed by atoms with van der Waals surface area (Å²) >= 11 is 3.14. The predicted molar refractivity (Wildman–Crippen MR) is 134 cm³/mol. The van der Waals surface area contributed by atoms with Crippen molar-refractivity contribution in [1.82, 2.24) is 9.55 Å². The minimum atomic E-state index is -0.363. The Labute approximate surface area is 199 Å². The zero-order valence-corrected chi connectivity index (χ0v) is 20.7. The Morgan fingerprint density at radius 3 is 2.85 bits per heavy atom. The van der Waals surface area contributed by atoms with Crippen molar-refractivity contribution in [2.45, 2.75) is 57.0 Å². The van der Waals surface area contributed by atoms with Crippen molar-refractivity contribution in [3.63, 3.8) is 0 Å². The van der Waals surface area contributed by atoms with Gasteiger partial charge in [0, 0.05) is 29.2 Å². The lowest BCUT2D eigenvalue weighted by atomic mass is 9.97. The van der Waals surface area contributed by atoms with E-state index >= 15 is 0 Å². The number of ether oxygens (including phenoxy) is 1. The fraction of sp³-hybridized carbons (Fsp3) is 0.400. The first kappa shape index (κ1) is 22.4. The smallest absolute Gasteiger partial charge is 0.336 e. The number of rotatable bonds is 6. The Morgan fingerprint density at radius 1 is 1.21 bits per heavy atom.